The lowest BCUT2D eigenvalue weighted by atomic mass is 10.1. The van der Waals surface area contributed by atoms with Crippen molar-refractivity contribution in [3.63, 3.8) is 0 Å². The van der Waals surface area contributed by atoms with Gasteiger partial charge < -0.3 is 24.4 Å². The van der Waals surface area contributed by atoms with E-state index < -0.39 is 0 Å². The van der Waals surface area contributed by atoms with Gasteiger partial charge in [-0.25, -0.2) is 0 Å². The number of hydrogen-bond donors (Lipinski definition) is 1. The molecular weight excluding hydrogens is 368 g/mol. The zero-order valence-electron chi connectivity index (χ0n) is 17.9. The van der Waals surface area contributed by atoms with Gasteiger partial charge in [-0.3, -0.25) is 9.89 Å². The van der Waals surface area contributed by atoms with Crippen LogP contribution in [0.4, 0.5) is 0 Å². The molecule has 2 fully saturated rings. The Bertz CT molecular complexity index is 626. The summed E-state index contributed by atoms with van der Waals surface area (Å²) in [6.07, 6.45) is 2.49. The van der Waals surface area contributed by atoms with Gasteiger partial charge in [0.05, 0.1) is 19.3 Å². The average Bonchev–Trinajstić information content (AvgIpc) is 2.77. The van der Waals surface area contributed by atoms with E-state index in [1.165, 1.54) is 0 Å². The Morgan fingerprint density at radius 2 is 1.93 bits per heavy atom. The molecule has 0 atom stereocenters. The number of para-hydroxylation sites is 1. The maximum atomic E-state index is 6.10. The molecular formula is C22H36N4O3. The first-order valence-corrected chi connectivity index (χ1v) is 10.9. The second kappa shape index (κ2) is 12.0. The SMILES string of the molecule is CCOC1CCN(C(=NC)NCc2ccccc2OCCN2CCOCC2)CC1. The fourth-order valence-electron chi connectivity index (χ4n) is 3.88. The van der Waals surface area contributed by atoms with Gasteiger partial charge >= 0.3 is 0 Å². The summed E-state index contributed by atoms with van der Waals surface area (Å²) in [6.45, 7) is 10.7. The predicted octanol–water partition coefficient (Wildman–Crippen LogP) is 1.97. The molecule has 1 N–H and O–H groups in total. The van der Waals surface area contributed by atoms with E-state index in [1.54, 1.807) is 0 Å². The van der Waals surface area contributed by atoms with Crippen LogP contribution in [0.2, 0.25) is 0 Å². The molecule has 162 valence electrons. The summed E-state index contributed by atoms with van der Waals surface area (Å²) in [6, 6.07) is 8.25. The maximum Gasteiger partial charge on any atom is 0.193 e. The summed E-state index contributed by atoms with van der Waals surface area (Å²) < 4.78 is 17.3. The van der Waals surface area contributed by atoms with Crippen molar-refractivity contribution in [1.82, 2.24) is 15.1 Å². The molecule has 7 nitrogen and oxygen atoms in total. The topological polar surface area (TPSA) is 58.6 Å². The van der Waals surface area contributed by atoms with Gasteiger partial charge in [0.2, 0.25) is 0 Å². The lowest BCUT2D eigenvalue weighted by molar-refractivity contribution is 0.0263. The quantitative estimate of drug-likeness (QED) is 0.528. The lowest BCUT2D eigenvalue weighted by Gasteiger charge is -2.34. The molecule has 0 aliphatic carbocycles. The third-order valence-electron chi connectivity index (χ3n) is 5.53. The zero-order valence-corrected chi connectivity index (χ0v) is 17.9. The van der Waals surface area contributed by atoms with E-state index in [4.69, 9.17) is 14.2 Å². The number of morpholine rings is 1. The van der Waals surface area contributed by atoms with Crippen LogP contribution in [0, 0.1) is 0 Å². The molecule has 2 saturated heterocycles. The normalized spacial score (nSPS) is 19.4. The number of rotatable bonds is 8. The van der Waals surface area contributed by atoms with Crippen LogP contribution < -0.4 is 10.1 Å². The molecule has 0 spiro atoms. The van der Waals surface area contributed by atoms with Crippen LogP contribution in [0.25, 0.3) is 0 Å². The van der Waals surface area contributed by atoms with E-state index >= 15 is 0 Å². The first-order chi connectivity index (χ1) is 14.3. The van der Waals surface area contributed by atoms with Crippen molar-refractivity contribution in [2.45, 2.75) is 32.4 Å². The molecule has 0 saturated carbocycles. The molecule has 3 rings (SSSR count). The zero-order chi connectivity index (χ0) is 20.3. The number of piperidine rings is 1. The predicted molar refractivity (Wildman–Crippen MR) is 116 cm³/mol. The number of guanidine groups is 1. The number of ether oxygens (including phenoxy) is 3. The lowest BCUT2D eigenvalue weighted by Crippen LogP contribution is -2.46. The molecule has 0 aromatic heterocycles. The molecule has 0 radical (unpaired) electrons. The number of nitrogens with one attached hydrogen (secondary N) is 1. The molecule has 1 aromatic rings. The van der Waals surface area contributed by atoms with Crippen LogP contribution in [0.15, 0.2) is 29.3 Å². The van der Waals surface area contributed by atoms with Gasteiger partial charge in [0.1, 0.15) is 12.4 Å². The van der Waals surface area contributed by atoms with Crippen LogP contribution in [0.5, 0.6) is 5.75 Å². The fourth-order valence-corrected chi connectivity index (χ4v) is 3.88. The van der Waals surface area contributed by atoms with E-state index in [2.05, 4.69) is 39.2 Å². The molecule has 0 bridgehead atoms. The summed E-state index contributed by atoms with van der Waals surface area (Å²) in [5.74, 6) is 1.89. The fraction of sp³-hybridized carbons (Fsp3) is 0.682. The van der Waals surface area contributed by atoms with Crippen molar-refractivity contribution in [2.24, 2.45) is 4.99 Å². The van der Waals surface area contributed by atoms with Crippen molar-refractivity contribution in [3.05, 3.63) is 29.8 Å². The van der Waals surface area contributed by atoms with Gasteiger partial charge in [0, 0.05) is 58.5 Å². The third kappa shape index (κ3) is 6.87. The Labute approximate surface area is 175 Å². The minimum absolute atomic E-state index is 0.384. The minimum atomic E-state index is 0.384. The molecule has 2 heterocycles. The van der Waals surface area contributed by atoms with Crippen LogP contribution in [0.1, 0.15) is 25.3 Å². The highest BCUT2D eigenvalue weighted by Crippen LogP contribution is 2.19. The standard InChI is InChI=1S/C22H36N4O3/c1-3-28-20-8-10-26(11-9-20)22(23-2)24-18-19-6-4-5-7-21(19)29-17-14-25-12-15-27-16-13-25/h4-7,20H,3,8-18H2,1-2H3,(H,23,24). The number of aliphatic imine (C=N–C) groups is 1. The number of likely N-dealkylation sites (tertiary alicyclic amines) is 1. The van der Waals surface area contributed by atoms with Gasteiger partial charge in [0.25, 0.3) is 0 Å². The molecule has 2 aliphatic heterocycles. The van der Waals surface area contributed by atoms with Crippen molar-refractivity contribution < 1.29 is 14.2 Å². The second-order valence-electron chi connectivity index (χ2n) is 7.45. The Hall–Kier alpha value is -1.83. The summed E-state index contributed by atoms with van der Waals surface area (Å²) in [7, 11) is 1.85. The van der Waals surface area contributed by atoms with Crippen molar-refractivity contribution in [2.75, 3.05) is 66.2 Å². The van der Waals surface area contributed by atoms with Gasteiger partial charge in [-0.05, 0) is 25.8 Å². The van der Waals surface area contributed by atoms with Gasteiger partial charge in [-0.1, -0.05) is 18.2 Å². The van der Waals surface area contributed by atoms with E-state index in [0.29, 0.717) is 19.3 Å². The molecule has 7 heteroatoms. The van der Waals surface area contributed by atoms with Crippen molar-refractivity contribution in [1.29, 1.82) is 0 Å². The van der Waals surface area contributed by atoms with Gasteiger partial charge in [-0.2, -0.15) is 0 Å². The van der Waals surface area contributed by atoms with Crippen molar-refractivity contribution in [3.8, 4) is 5.75 Å². The van der Waals surface area contributed by atoms with Gasteiger partial charge in [0.15, 0.2) is 5.96 Å². The second-order valence-corrected chi connectivity index (χ2v) is 7.45. The first-order valence-electron chi connectivity index (χ1n) is 10.9. The highest BCUT2D eigenvalue weighted by Gasteiger charge is 2.21. The number of nitrogens with zero attached hydrogens (tertiary/aromatic N) is 3. The van der Waals surface area contributed by atoms with Crippen molar-refractivity contribution >= 4 is 5.96 Å². The van der Waals surface area contributed by atoms with E-state index in [9.17, 15) is 0 Å². The summed E-state index contributed by atoms with van der Waals surface area (Å²) in [5.41, 5.74) is 1.15. The molecule has 1 aromatic carbocycles. The Kier molecular flexibility index (Phi) is 9.05. The van der Waals surface area contributed by atoms with E-state index in [0.717, 1.165) is 82.7 Å². The summed E-state index contributed by atoms with van der Waals surface area (Å²) in [4.78, 5) is 9.19. The Morgan fingerprint density at radius 3 is 2.66 bits per heavy atom. The largest absolute Gasteiger partial charge is 0.492 e. The van der Waals surface area contributed by atoms with E-state index in [-0.39, 0.29) is 0 Å². The highest BCUT2D eigenvalue weighted by atomic mass is 16.5. The summed E-state index contributed by atoms with van der Waals surface area (Å²) >= 11 is 0. The number of benzene rings is 1. The van der Waals surface area contributed by atoms with Crippen LogP contribution >= 0.6 is 0 Å². The maximum absolute atomic E-state index is 6.10. The average molecular weight is 405 g/mol. The Balaban J connectivity index is 1.46. The number of hydrogen-bond acceptors (Lipinski definition) is 5. The van der Waals surface area contributed by atoms with E-state index in [1.807, 2.05) is 19.2 Å². The first kappa shape index (κ1) is 21.9. The molecule has 2 aliphatic rings. The molecule has 29 heavy (non-hydrogen) atoms. The Morgan fingerprint density at radius 1 is 1.17 bits per heavy atom. The molecule has 0 amide bonds. The summed E-state index contributed by atoms with van der Waals surface area (Å²) in [5, 5.41) is 3.51. The molecule has 0 unspecified atom stereocenters. The third-order valence-corrected chi connectivity index (χ3v) is 5.53. The van der Waals surface area contributed by atoms with Crippen LogP contribution in [0.3, 0.4) is 0 Å². The van der Waals surface area contributed by atoms with Gasteiger partial charge in [-0.15, -0.1) is 0 Å². The monoisotopic (exact) mass is 404 g/mol. The smallest absolute Gasteiger partial charge is 0.193 e. The van der Waals surface area contributed by atoms with Crippen LogP contribution in [-0.4, -0.2) is 88.1 Å². The van der Waals surface area contributed by atoms with Crippen LogP contribution in [-0.2, 0) is 16.0 Å². The minimum Gasteiger partial charge on any atom is -0.492 e. The highest BCUT2D eigenvalue weighted by molar-refractivity contribution is 5.80.